The molecule has 0 radical (unpaired) electrons. The van der Waals surface area contributed by atoms with E-state index in [1.165, 1.54) is 6.20 Å². The molecule has 0 aromatic carbocycles. The van der Waals surface area contributed by atoms with Crippen molar-refractivity contribution >= 4 is 40.9 Å². The number of piperidine rings is 1. The van der Waals surface area contributed by atoms with Crippen LogP contribution in [-0.4, -0.2) is 65.4 Å². The van der Waals surface area contributed by atoms with Crippen LogP contribution < -0.4 is 15.8 Å². The predicted molar refractivity (Wildman–Crippen MR) is 121 cm³/mol. The minimum atomic E-state index is -0.468. The molecular formula is C21H25Cl2N5O4. The SMILES string of the molecule is O=C(NC1CCN(C(=O)CC2C=CC=C2Cl)CC1)O[C@@H]1CCN(c2cn[nH]c(=O)c2Cl)C1. The average molecular weight is 482 g/mol. The molecular weight excluding hydrogens is 457 g/mol. The number of aromatic amines is 1. The van der Waals surface area contributed by atoms with Gasteiger partial charge in [-0.05, 0) is 18.9 Å². The molecule has 4 rings (SSSR count). The molecule has 1 aromatic heterocycles. The lowest BCUT2D eigenvalue weighted by atomic mass is 10.0. The van der Waals surface area contributed by atoms with Crippen molar-refractivity contribution in [3.63, 3.8) is 0 Å². The van der Waals surface area contributed by atoms with Gasteiger partial charge in [0.15, 0.2) is 0 Å². The first-order valence-corrected chi connectivity index (χ1v) is 11.4. The second-order valence-electron chi connectivity index (χ2n) is 8.21. The Hall–Kier alpha value is -2.52. The third-order valence-corrected chi connectivity index (χ3v) is 6.83. The number of carbonyl (C=O) groups excluding carboxylic acids is 2. The van der Waals surface area contributed by atoms with Gasteiger partial charge in [0, 0.05) is 49.5 Å². The molecule has 1 aliphatic carbocycles. The summed E-state index contributed by atoms with van der Waals surface area (Å²) in [6, 6.07) is -0.0368. The molecule has 3 heterocycles. The number of hydrogen-bond acceptors (Lipinski definition) is 6. The van der Waals surface area contributed by atoms with Crippen LogP contribution in [0.3, 0.4) is 0 Å². The number of anilines is 1. The van der Waals surface area contributed by atoms with Crippen LogP contribution in [0, 0.1) is 5.92 Å². The molecule has 2 fully saturated rings. The van der Waals surface area contributed by atoms with Gasteiger partial charge in [-0.15, -0.1) is 0 Å². The van der Waals surface area contributed by atoms with Crippen LogP contribution >= 0.6 is 23.2 Å². The Kier molecular flexibility index (Phi) is 7.05. The highest BCUT2D eigenvalue weighted by Gasteiger charge is 2.30. The zero-order valence-electron chi connectivity index (χ0n) is 17.4. The molecule has 3 aliphatic rings. The fourth-order valence-corrected chi connectivity index (χ4v) is 4.68. The number of rotatable bonds is 5. The summed E-state index contributed by atoms with van der Waals surface area (Å²) < 4.78 is 5.56. The largest absolute Gasteiger partial charge is 0.444 e. The third-order valence-electron chi connectivity index (χ3n) is 6.05. The Morgan fingerprint density at radius 1 is 1.22 bits per heavy atom. The van der Waals surface area contributed by atoms with Crippen molar-refractivity contribution in [2.45, 2.75) is 37.8 Å². The number of allylic oxidation sites excluding steroid dienone is 4. The van der Waals surface area contributed by atoms with E-state index in [2.05, 4.69) is 15.5 Å². The summed E-state index contributed by atoms with van der Waals surface area (Å²) in [5.74, 6) is 0.0500. The summed E-state index contributed by atoms with van der Waals surface area (Å²) in [7, 11) is 0. The van der Waals surface area contributed by atoms with Crippen molar-refractivity contribution in [3.05, 3.63) is 44.8 Å². The molecule has 0 spiro atoms. The van der Waals surface area contributed by atoms with E-state index in [-0.39, 0.29) is 29.0 Å². The Morgan fingerprint density at radius 3 is 2.72 bits per heavy atom. The molecule has 0 bridgehead atoms. The lowest BCUT2D eigenvalue weighted by Gasteiger charge is -2.33. The van der Waals surface area contributed by atoms with Crippen molar-refractivity contribution in [2.24, 2.45) is 5.92 Å². The summed E-state index contributed by atoms with van der Waals surface area (Å²) in [5.41, 5.74) is 0.0826. The van der Waals surface area contributed by atoms with Crippen molar-refractivity contribution in [1.82, 2.24) is 20.4 Å². The Bertz CT molecular complexity index is 987. The van der Waals surface area contributed by atoms with Crippen LogP contribution in [0.1, 0.15) is 25.7 Å². The highest BCUT2D eigenvalue weighted by molar-refractivity contribution is 6.33. The minimum absolute atomic E-state index is 0.0270. The van der Waals surface area contributed by atoms with Gasteiger partial charge in [0.2, 0.25) is 5.91 Å². The van der Waals surface area contributed by atoms with Gasteiger partial charge in [0.25, 0.3) is 5.56 Å². The van der Waals surface area contributed by atoms with E-state index >= 15 is 0 Å². The van der Waals surface area contributed by atoms with Crippen molar-refractivity contribution in [3.8, 4) is 0 Å². The van der Waals surface area contributed by atoms with Crippen LogP contribution in [0.5, 0.6) is 0 Å². The van der Waals surface area contributed by atoms with E-state index in [1.807, 2.05) is 28.0 Å². The summed E-state index contributed by atoms with van der Waals surface area (Å²) in [5, 5.41) is 9.75. The summed E-state index contributed by atoms with van der Waals surface area (Å²) in [4.78, 5) is 40.2. The zero-order chi connectivity index (χ0) is 22.7. The standard InChI is InChI=1S/C21H25Cl2N5O4/c22-16-3-1-2-13(16)10-18(29)27-7-4-14(5-8-27)25-21(31)32-15-6-9-28(12-15)17-11-24-26-20(30)19(17)23/h1-3,11,13-15H,4-10,12H2,(H,25,31)(H,26,30)/t13?,15-/m1/s1. The lowest BCUT2D eigenvalue weighted by molar-refractivity contribution is -0.132. The van der Waals surface area contributed by atoms with Gasteiger partial charge in [-0.3, -0.25) is 9.59 Å². The van der Waals surface area contributed by atoms with E-state index in [0.717, 1.165) is 0 Å². The number of alkyl carbamates (subject to hydrolysis) is 1. The van der Waals surface area contributed by atoms with E-state index < -0.39 is 11.7 Å². The van der Waals surface area contributed by atoms with Crippen molar-refractivity contribution in [2.75, 3.05) is 31.1 Å². The minimum Gasteiger partial charge on any atom is -0.444 e. The summed E-state index contributed by atoms with van der Waals surface area (Å²) in [6.45, 7) is 2.23. The maximum atomic E-state index is 12.5. The molecule has 172 valence electrons. The van der Waals surface area contributed by atoms with Crippen LogP contribution in [0.15, 0.2) is 34.3 Å². The number of likely N-dealkylation sites (tertiary alicyclic amines) is 1. The molecule has 0 saturated carbocycles. The monoisotopic (exact) mass is 481 g/mol. The van der Waals surface area contributed by atoms with Crippen LogP contribution in [0.25, 0.3) is 0 Å². The molecule has 2 aliphatic heterocycles. The van der Waals surface area contributed by atoms with Gasteiger partial charge in [0.1, 0.15) is 11.1 Å². The topological polar surface area (TPSA) is 108 Å². The van der Waals surface area contributed by atoms with E-state index in [4.69, 9.17) is 27.9 Å². The number of H-pyrrole nitrogens is 1. The number of nitrogens with one attached hydrogen (secondary N) is 2. The average Bonchev–Trinajstić information content (AvgIpc) is 3.39. The molecule has 2 N–H and O–H groups in total. The molecule has 1 unspecified atom stereocenters. The molecule has 2 saturated heterocycles. The highest BCUT2D eigenvalue weighted by Crippen LogP contribution is 2.28. The number of amides is 2. The van der Waals surface area contributed by atoms with Gasteiger partial charge in [-0.25, -0.2) is 9.89 Å². The quantitative estimate of drug-likeness (QED) is 0.668. The smallest absolute Gasteiger partial charge is 0.407 e. The Labute approximate surface area is 195 Å². The third kappa shape index (κ3) is 5.27. The van der Waals surface area contributed by atoms with Crippen LogP contribution in [0.2, 0.25) is 5.02 Å². The molecule has 11 heteroatoms. The summed E-state index contributed by atoms with van der Waals surface area (Å²) in [6.07, 6.45) is 8.71. The number of nitrogens with zero attached hydrogens (tertiary/aromatic N) is 3. The van der Waals surface area contributed by atoms with Crippen LogP contribution in [0.4, 0.5) is 10.5 Å². The second-order valence-corrected chi connectivity index (χ2v) is 9.02. The van der Waals surface area contributed by atoms with E-state index in [9.17, 15) is 14.4 Å². The van der Waals surface area contributed by atoms with Gasteiger partial charge >= 0.3 is 6.09 Å². The van der Waals surface area contributed by atoms with E-state index in [0.29, 0.717) is 62.6 Å². The fraction of sp³-hybridized carbons (Fsp3) is 0.524. The molecule has 32 heavy (non-hydrogen) atoms. The first-order chi connectivity index (χ1) is 15.4. The fourth-order valence-electron chi connectivity index (χ4n) is 4.24. The number of carbonyl (C=O) groups is 2. The number of aromatic nitrogens is 2. The first kappa shape index (κ1) is 22.7. The number of halogens is 2. The molecule has 2 atom stereocenters. The summed E-state index contributed by atoms with van der Waals surface area (Å²) >= 11 is 12.2. The van der Waals surface area contributed by atoms with Gasteiger partial charge in [0.05, 0.1) is 18.4 Å². The Balaban J connectivity index is 1.19. The zero-order valence-corrected chi connectivity index (χ0v) is 18.9. The highest BCUT2D eigenvalue weighted by atomic mass is 35.5. The lowest BCUT2D eigenvalue weighted by Crippen LogP contribution is -2.47. The number of ether oxygens (including phenoxy) is 1. The molecule has 9 nitrogen and oxygen atoms in total. The van der Waals surface area contributed by atoms with Crippen molar-refractivity contribution in [1.29, 1.82) is 0 Å². The second kappa shape index (κ2) is 9.95. The van der Waals surface area contributed by atoms with Crippen LogP contribution in [-0.2, 0) is 9.53 Å². The molecule has 2 amide bonds. The van der Waals surface area contributed by atoms with Gasteiger partial charge in [-0.1, -0.05) is 35.4 Å². The van der Waals surface area contributed by atoms with E-state index in [1.54, 1.807) is 0 Å². The maximum Gasteiger partial charge on any atom is 0.407 e. The van der Waals surface area contributed by atoms with Gasteiger partial charge < -0.3 is 19.9 Å². The molecule has 1 aromatic rings. The predicted octanol–water partition coefficient (Wildman–Crippen LogP) is 2.42. The Morgan fingerprint density at radius 2 is 2.00 bits per heavy atom. The van der Waals surface area contributed by atoms with Crippen molar-refractivity contribution < 1.29 is 14.3 Å². The maximum absolute atomic E-state index is 12.5. The number of hydrogen-bond donors (Lipinski definition) is 2. The normalized spacial score (nSPS) is 23.4. The van der Waals surface area contributed by atoms with Gasteiger partial charge in [-0.2, -0.15) is 5.10 Å². The first-order valence-electron chi connectivity index (χ1n) is 10.7.